The molecule has 0 spiro atoms. The Kier molecular flexibility index (Phi) is 5.12. The van der Waals surface area contributed by atoms with E-state index >= 15 is 0 Å². The molecule has 0 aliphatic heterocycles. The van der Waals surface area contributed by atoms with E-state index in [1.807, 2.05) is 24.3 Å². The van der Waals surface area contributed by atoms with Crippen molar-refractivity contribution in [2.24, 2.45) is 5.73 Å². The van der Waals surface area contributed by atoms with Crippen LogP contribution in [0.4, 0.5) is 0 Å². The van der Waals surface area contributed by atoms with Gasteiger partial charge in [0.05, 0.1) is 12.2 Å². The lowest BCUT2D eigenvalue weighted by molar-refractivity contribution is 0.310. The number of benzene rings is 1. The van der Waals surface area contributed by atoms with Crippen LogP contribution < -0.4 is 10.5 Å². The minimum atomic E-state index is 0.00966. The Balaban J connectivity index is 1.90. The van der Waals surface area contributed by atoms with Crippen molar-refractivity contribution >= 4 is 21.8 Å². The van der Waals surface area contributed by atoms with Crippen molar-refractivity contribution in [3.05, 3.63) is 58.3 Å². The topological polar surface area (TPSA) is 72.0 Å². The van der Waals surface area contributed by atoms with Crippen LogP contribution in [0, 0.1) is 5.41 Å². The van der Waals surface area contributed by atoms with Crippen molar-refractivity contribution in [3.8, 4) is 5.75 Å². The summed E-state index contributed by atoms with van der Waals surface area (Å²) in [6.45, 7) is 0.588. The number of hydrogen-bond acceptors (Lipinski definition) is 3. The fourth-order valence-electron chi connectivity index (χ4n) is 1.85. The Labute approximate surface area is 126 Å². The van der Waals surface area contributed by atoms with Gasteiger partial charge in [0.1, 0.15) is 11.6 Å². The second-order valence-corrected chi connectivity index (χ2v) is 5.28. The molecule has 0 saturated carbocycles. The molecule has 1 heterocycles. The SMILES string of the molecule is N=C(N)c1cc(Br)ccc1OCCCc1ccncc1. The highest BCUT2D eigenvalue weighted by molar-refractivity contribution is 9.10. The van der Waals surface area contributed by atoms with Gasteiger partial charge in [-0.3, -0.25) is 10.4 Å². The first-order valence-electron chi connectivity index (χ1n) is 6.32. The molecule has 2 rings (SSSR count). The predicted molar refractivity (Wildman–Crippen MR) is 83.2 cm³/mol. The molecule has 0 atom stereocenters. The number of halogens is 1. The molecule has 0 aliphatic carbocycles. The van der Waals surface area contributed by atoms with E-state index in [0.717, 1.165) is 17.3 Å². The molecule has 2 aromatic rings. The zero-order valence-corrected chi connectivity index (χ0v) is 12.6. The molecule has 1 aromatic carbocycles. The zero-order valence-electron chi connectivity index (χ0n) is 11.0. The third-order valence-corrected chi connectivity index (χ3v) is 3.34. The maximum atomic E-state index is 7.56. The minimum Gasteiger partial charge on any atom is -0.493 e. The normalized spacial score (nSPS) is 10.2. The first-order valence-corrected chi connectivity index (χ1v) is 7.12. The first-order chi connectivity index (χ1) is 9.66. The Bertz CT molecular complexity index is 587. The summed E-state index contributed by atoms with van der Waals surface area (Å²) in [4.78, 5) is 3.99. The summed E-state index contributed by atoms with van der Waals surface area (Å²) in [6.07, 6.45) is 5.42. The van der Waals surface area contributed by atoms with Gasteiger partial charge in [-0.25, -0.2) is 0 Å². The predicted octanol–water partition coefficient (Wildman–Crippen LogP) is 3.14. The molecule has 4 nitrogen and oxygen atoms in total. The number of nitrogens with one attached hydrogen (secondary N) is 1. The summed E-state index contributed by atoms with van der Waals surface area (Å²) >= 11 is 3.36. The van der Waals surface area contributed by atoms with Crippen LogP contribution in [0.1, 0.15) is 17.5 Å². The van der Waals surface area contributed by atoms with Crippen molar-refractivity contribution in [1.29, 1.82) is 5.41 Å². The van der Waals surface area contributed by atoms with E-state index in [1.54, 1.807) is 18.5 Å². The van der Waals surface area contributed by atoms with Crippen LogP contribution >= 0.6 is 15.9 Å². The lowest BCUT2D eigenvalue weighted by atomic mass is 10.1. The number of hydrogen-bond donors (Lipinski definition) is 2. The van der Waals surface area contributed by atoms with Crippen molar-refractivity contribution in [2.75, 3.05) is 6.61 Å². The lowest BCUT2D eigenvalue weighted by Crippen LogP contribution is -2.13. The van der Waals surface area contributed by atoms with Crippen molar-refractivity contribution < 1.29 is 4.74 Å². The smallest absolute Gasteiger partial charge is 0.130 e. The number of ether oxygens (including phenoxy) is 1. The maximum Gasteiger partial charge on any atom is 0.130 e. The molecule has 3 N–H and O–H groups in total. The maximum absolute atomic E-state index is 7.56. The second kappa shape index (κ2) is 7.05. The number of nitrogen functional groups attached to an aromatic ring is 1. The lowest BCUT2D eigenvalue weighted by Gasteiger charge is -2.11. The van der Waals surface area contributed by atoms with E-state index in [4.69, 9.17) is 15.9 Å². The molecule has 0 amide bonds. The van der Waals surface area contributed by atoms with Gasteiger partial charge in [-0.1, -0.05) is 15.9 Å². The van der Waals surface area contributed by atoms with E-state index in [-0.39, 0.29) is 5.84 Å². The standard InChI is InChI=1S/C15H16BrN3O/c16-12-3-4-14(13(10-12)15(17)18)20-9-1-2-11-5-7-19-8-6-11/h3-8,10H,1-2,9H2,(H3,17,18). The van der Waals surface area contributed by atoms with E-state index in [9.17, 15) is 0 Å². The van der Waals surface area contributed by atoms with Gasteiger partial charge >= 0.3 is 0 Å². The molecule has 0 aliphatic rings. The Morgan fingerprint density at radius 2 is 2.00 bits per heavy atom. The molecule has 5 heteroatoms. The number of aromatic nitrogens is 1. The van der Waals surface area contributed by atoms with Crippen molar-refractivity contribution in [2.45, 2.75) is 12.8 Å². The van der Waals surface area contributed by atoms with E-state index < -0.39 is 0 Å². The molecule has 1 aromatic heterocycles. The monoisotopic (exact) mass is 333 g/mol. The molecule has 0 radical (unpaired) electrons. The van der Waals surface area contributed by atoms with Gasteiger partial charge in [0, 0.05) is 16.9 Å². The second-order valence-electron chi connectivity index (χ2n) is 4.36. The highest BCUT2D eigenvalue weighted by atomic mass is 79.9. The number of nitrogens with zero attached hydrogens (tertiary/aromatic N) is 1. The summed E-state index contributed by atoms with van der Waals surface area (Å²) in [7, 11) is 0. The molecule has 0 saturated heterocycles. The highest BCUT2D eigenvalue weighted by Crippen LogP contribution is 2.23. The summed E-state index contributed by atoms with van der Waals surface area (Å²) in [5.74, 6) is 0.658. The van der Waals surface area contributed by atoms with Gasteiger partial charge in [-0.2, -0.15) is 0 Å². The van der Waals surface area contributed by atoms with Crippen LogP contribution in [0.2, 0.25) is 0 Å². The number of nitrogens with two attached hydrogens (primary N) is 1. The average Bonchev–Trinajstić information content (AvgIpc) is 2.45. The summed E-state index contributed by atoms with van der Waals surface area (Å²) < 4.78 is 6.60. The molecule has 0 fully saturated rings. The van der Waals surface area contributed by atoms with Gasteiger partial charge in [0.15, 0.2) is 0 Å². The summed E-state index contributed by atoms with van der Waals surface area (Å²) in [5.41, 5.74) is 7.41. The fourth-order valence-corrected chi connectivity index (χ4v) is 2.21. The van der Waals surface area contributed by atoms with Gasteiger partial charge in [-0.05, 0) is 48.7 Å². The summed E-state index contributed by atoms with van der Waals surface area (Å²) in [5, 5.41) is 7.56. The molecule has 0 unspecified atom stereocenters. The van der Waals surface area contributed by atoms with Crippen LogP contribution in [0.3, 0.4) is 0 Å². The number of aryl methyl sites for hydroxylation is 1. The number of rotatable bonds is 6. The molecule has 104 valence electrons. The van der Waals surface area contributed by atoms with Gasteiger partial charge in [0.25, 0.3) is 0 Å². The third kappa shape index (κ3) is 4.06. The van der Waals surface area contributed by atoms with Crippen LogP contribution in [0.25, 0.3) is 0 Å². The largest absolute Gasteiger partial charge is 0.493 e. The molecule has 0 bridgehead atoms. The van der Waals surface area contributed by atoms with Gasteiger partial charge < -0.3 is 10.5 Å². The zero-order chi connectivity index (χ0) is 14.4. The summed E-state index contributed by atoms with van der Waals surface area (Å²) in [6, 6.07) is 9.50. The average molecular weight is 334 g/mol. The Morgan fingerprint density at radius 1 is 1.25 bits per heavy atom. The highest BCUT2D eigenvalue weighted by Gasteiger charge is 2.07. The van der Waals surface area contributed by atoms with E-state index in [0.29, 0.717) is 17.9 Å². The van der Waals surface area contributed by atoms with Gasteiger partial charge in [-0.15, -0.1) is 0 Å². The molecule has 20 heavy (non-hydrogen) atoms. The fraction of sp³-hybridized carbons (Fsp3) is 0.200. The minimum absolute atomic E-state index is 0.00966. The van der Waals surface area contributed by atoms with Crippen LogP contribution in [0.5, 0.6) is 5.75 Å². The van der Waals surface area contributed by atoms with Crippen LogP contribution in [-0.2, 0) is 6.42 Å². The molecular weight excluding hydrogens is 318 g/mol. The first kappa shape index (κ1) is 14.5. The van der Waals surface area contributed by atoms with Crippen LogP contribution in [-0.4, -0.2) is 17.4 Å². The third-order valence-electron chi connectivity index (χ3n) is 2.85. The molecular formula is C15H16BrN3O. The Hall–Kier alpha value is -1.88. The van der Waals surface area contributed by atoms with Crippen molar-refractivity contribution in [3.63, 3.8) is 0 Å². The Morgan fingerprint density at radius 3 is 2.70 bits per heavy atom. The number of pyridine rings is 1. The van der Waals surface area contributed by atoms with E-state index in [1.165, 1.54) is 5.56 Å². The van der Waals surface area contributed by atoms with Crippen LogP contribution in [0.15, 0.2) is 47.2 Å². The van der Waals surface area contributed by atoms with E-state index in [2.05, 4.69) is 20.9 Å². The number of amidine groups is 1. The quantitative estimate of drug-likeness (QED) is 0.484. The van der Waals surface area contributed by atoms with Gasteiger partial charge in [0.2, 0.25) is 0 Å². The van der Waals surface area contributed by atoms with Crippen molar-refractivity contribution in [1.82, 2.24) is 4.98 Å².